The first kappa shape index (κ1) is 18.5. The third-order valence-corrected chi connectivity index (χ3v) is 5.89. The predicted octanol–water partition coefficient (Wildman–Crippen LogP) is 5.56. The van der Waals surface area contributed by atoms with Gasteiger partial charge in [0.1, 0.15) is 0 Å². The Balaban J connectivity index is 1.43. The molecule has 0 atom stereocenters. The molecule has 0 bridgehead atoms. The second-order valence-corrected chi connectivity index (χ2v) is 7.67. The van der Waals surface area contributed by atoms with Crippen LogP contribution in [0.1, 0.15) is 103 Å². The Morgan fingerprint density at radius 2 is 1.30 bits per heavy atom. The first-order valence-corrected chi connectivity index (χ1v) is 9.96. The van der Waals surface area contributed by atoms with Gasteiger partial charge >= 0.3 is 11.9 Å². The first-order valence-electron chi connectivity index (χ1n) is 9.96. The molecule has 1 aliphatic heterocycles. The molecule has 1 heterocycles. The minimum absolute atomic E-state index is 0.264. The van der Waals surface area contributed by atoms with E-state index in [2.05, 4.69) is 11.7 Å². The van der Waals surface area contributed by atoms with E-state index in [4.69, 9.17) is 0 Å². The molecule has 0 aromatic rings. The highest BCUT2D eigenvalue weighted by atomic mass is 16.6. The minimum Gasteiger partial charge on any atom is -0.391 e. The molecule has 2 fully saturated rings. The van der Waals surface area contributed by atoms with Crippen LogP contribution in [0.5, 0.6) is 0 Å². The van der Waals surface area contributed by atoms with Crippen molar-refractivity contribution in [3.8, 4) is 0 Å². The number of ether oxygens (including phenoxy) is 1. The summed E-state index contributed by atoms with van der Waals surface area (Å²) in [7, 11) is 0. The second kappa shape index (κ2) is 9.44. The number of rotatable bonds is 11. The average molecular weight is 322 g/mol. The molecule has 0 aromatic carbocycles. The van der Waals surface area contributed by atoms with Crippen molar-refractivity contribution in [1.82, 2.24) is 0 Å². The predicted molar refractivity (Wildman–Crippen MR) is 92.0 cm³/mol. The van der Waals surface area contributed by atoms with E-state index in [1.54, 1.807) is 0 Å². The molecule has 3 nitrogen and oxygen atoms in total. The van der Waals surface area contributed by atoms with Crippen LogP contribution < -0.4 is 0 Å². The Kier molecular flexibility index (Phi) is 7.58. The molecule has 2 rings (SSSR count). The number of unbranched alkanes of at least 4 members (excludes halogenated alkanes) is 9. The van der Waals surface area contributed by atoms with Crippen molar-refractivity contribution < 1.29 is 14.3 Å². The Bertz CT molecular complexity index is 364. The fourth-order valence-corrected chi connectivity index (χ4v) is 4.10. The maximum absolute atomic E-state index is 11.5. The summed E-state index contributed by atoms with van der Waals surface area (Å²) < 4.78 is 4.56. The molecule has 132 valence electrons. The molecule has 0 N–H and O–H groups in total. The summed E-state index contributed by atoms with van der Waals surface area (Å²) in [6, 6.07) is 0. The number of cyclic esters (lactones) is 2. The Morgan fingerprint density at radius 3 is 1.78 bits per heavy atom. The van der Waals surface area contributed by atoms with Gasteiger partial charge in [-0.15, -0.1) is 0 Å². The van der Waals surface area contributed by atoms with E-state index in [9.17, 15) is 9.59 Å². The van der Waals surface area contributed by atoms with Gasteiger partial charge in [-0.05, 0) is 31.6 Å². The molecule has 0 unspecified atom stereocenters. The van der Waals surface area contributed by atoms with E-state index < -0.39 is 5.41 Å². The van der Waals surface area contributed by atoms with Crippen molar-refractivity contribution in [3.63, 3.8) is 0 Å². The summed E-state index contributed by atoms with van der Waals surface area (Å²) in [5.41, 5.74) is -0.714. The number of esters is 2. The molecule has 0 amide bonds. The number of hydrogen-bond donors (Lipinski definition) is 0. The lowest BCUT2D eigenvalue weighted by atomic mass is 9.67. The molecular formula is C20H34O3. The van der Waals surface area contributed by atoms with Crippen molar-refractivity contribution in [2.24, 2.45) is 11.3 Å². The maximum Gasteiger partial charge on any atom is 0.331 e. The number of carbonyl (C=O) groups excluding carboxylic acids is 2. The fourth-order valence-electron chi connectivity index (χ4n) is 4.10. The van der Waals surface area contributed by atoms with E-state index in [0.29, 0.717) is 0 Å². The van der Waals surface area contributed by atoms with Crippen LogP contribution in [0.25, 0.3) is 0 Å². The third kappa shape index (κ3) is 5.06. The van der Waals surface area contributed by atoms with E-state index in [1.165, 1.54) is 70.6 Å². The smallest absolute Gasteiger partial charge is 0.331 e. The highest BCUT2D eigenvalue weighted by Gasteiger charge is 2.59. The molecule has 3 heteroatoms. The van der Waals surface area contributed by atoms with Gasteiger partial charge in [0.2, 0.25) is 0 Å². The standard InChI is InChI=1S/C20H34O3/c1-2-3-4-5-6-7-8-9-10-11-12-17-13-15-20(16-14-17)18(21)23-19(20)22/h17H,2-16H2,1H3. The SMILES string of the molecule is CCCCCCCCCCCCC1CCC2(CC1)C(=O)OC2=O. The monoisotopic (exact) mass is 322 g/mol. The van der Waals surface area contributed by atoms with Crippen LogP contribution in [0.15, 0.2) is 0 Å². The molecule has 1 spiro atoms. The van der Waals surface area contributed by atoms with Crippen LogP contribution in [-0.4, -0.2) is 11.9 Å². The Hall–Kier alpha value is -0.860. The van der Waals surface area contributed by atoms with Crippen LogP contribution in [0.2, 0.25) is 0 Å². The van der Waals surface area contributed by atoms with Gasteiger partial charge in [-0.3, -0.25) is 9.59 Å². The quantitative estimate of drug-likeness (QED) is 0.284. The van der Waals surface area contributed by atoms with Gasteiger partial charge in [0.05, 0.1) is 0 Å². The highest BCUT2D eigenvalue weighted by Crippen LogP contribution is 2.47. The van der Waals surface area contributed by atoms with Crippen LogP contribution in [0.3, 0.4) is 0 Å². The zero-order chi connectivity index (χ0) is 16.5. The molecular weight excluding hydrogens is 288 g/mol. The van der Waals surface area contributed by atoms with Crippen molar-refractivity contribution >= 4 is 11.9 Å². The van der Waals surface area contributed by atoms with Gasteiger partial charge in [0.25, 0.3) is 0 Å². The van der Waals surface area contributed by atoms with Crippen LogP contribution in [-0.2, 0) is 14.3 Å². The van der Waals surface area contributed by atoms with Crippen molar-refractivity contribution in [2.75, 3.05) is 0 Å². The first-order chi connectivity index (χ1) is 11.2. The van der Waals surface area contributed by atoms with Crippen molar-refractivity contribution in [3.05, 3.63) is 0 Å². The number of carbonyl (C=O) groups is 2. The zero-order valence-electron chi connectivity index (χ0n) is 14.9. The Morgan fingerprint density at radius 1 is 0.826 bits per heavy atom. The van der Waals surface area contributed by atoms with Crippen molar-refractivity contribution in [1.29, 1.82) is 0 Å². The van der Waals surface area contributed by atoms with Crippen LogP contribution in [0.4, 0.5) is 0 Å². The normalized spacial score (nSPS) is 20.6. The largest absolute Gasteiger partial charge is 0.391 e. The van der Waals surface area contributed by atoms with Gasteiger partial charge < -0.3 is 4.74 Å². The van der Waals surface area contributed by atoms with Crippen LogP contribution in [0, 0.1) is 11.3 Å². The summed E-state index contributed by atoms with van der Waals surface area (Å²) in [6.45, 7) is 2.27. The molecule has 1 saturated carbocycles. The topological polar surface area (TPSA) is 43.4 Å². The maximum atomic E-state index is 11.5. The lowest BCUT2D eigenvalue weighted by Crippen LogP contribution is -2.54. The van der Waals surface area contributed by atoms with E-state index in [0.717, 1.165) is 31.6 Å². The summed E-state index contributed by atoms with van der Waals surface area (Å²) in [4.78, 5) is 23.1. The Labute approximate surface area is 141 Å². The molecule has 1 saturated heterocycles. The molecule has 1 aliphatic carbocycles. The highest BCUT2D eigenvalue weighted by molar-refractivity contribution is 6.13. The van der Waals surface area contributed by atoms with Gasteiger partial charge in [-0.2, -0.15) is 0 Å². The van der Waals surface area contributed by atoms with E-state index >= 15 is 0 Å². The summed E-state index contributed by atoms with van der Waals surface area (Å²) in [6.07, 6.45) is 18.6. The lowest BCUT2D eigenvalue weighted by Gasteiger charge is -2.41. The average Bonchev–Trinajstić information content (AvgIpc) is 2.57. The van der Waals surface area contributed by atoms with Gasteiger partial charge in [0, 0.05) is 0 Å². The van der Waals surface area contributed by atoms with Gasteiger partial charge in [-0.25, -0.2) is 0 Å². The third-order valence-electron chi connectivity index (χ3n) is 5.89. The molecule has 23 heavy (non-hydrogen) atoms. The molecule has 0 radical (unpaired) electrons. The minimum atomic E-state index is -0.714. The van der Waals surface area contributed by atoms with E-state index in [-0.39, 0.29) is 11.9 Å². The second-order valence-electron chi connectivity index (χ2n) is 7.67. The van der Waals surface area contributed by atoms with E-state index in [1.807, 2.05) is 0 Å². The summed E-state index contributed by atoms with van der Waals surface area (Å²) in [5.74, 6) is 0.190. The van der Waals surface area contributed by atoms with Crippen molar-refractivity contribution in [2.45, 2.75) is 103 Å². The van der Waals surface area contributed by atoms with Gasteiger partial charge in [0.15, 0.2) is 5.41 Å². The molecule has 0 aromatic heterocycles. The summed E-state index contributed by atoms with van der Waals surface area (Å²) >= 11 is 0. The van der Waals surface area contributed by atoms with Crippen LogP contribution >= 0.6 is 0 Å². The lowest BCUT2D eigenvalue weighted by molar-refractivity contribution is -0.200. The number of hydrogen-bond acceptors (Lipinski definition) is 3. The summed E-state index contributed by atoms with van der Waals surface area (Å²) in [5, 5.41) is 0. The van der Waals surface area contributed by atoms with Gasteiger partial charge in [-0.1, -0.05) is 77.6 Å². The zero-order valence-corrected chi connectivity index (χ0v) is 14.9. The fraction of sp³-hybridized carbons (Fsp3) is 0.900. The molecule has 2 aliphatic rings.